The third kappa shape index (κ3) is 4.17. The largest absolute Gasteiger partial charge is 0.507 e. The summed E-state index contributed by atoms with van der Waals surface area (Å²) in [7, 11) is 3.04. The number of Topliss-reactive ketones (excluding diaryl/α,β-unsaturated/α-hetero) is 1. The lowest BCUT2D eigenvalue weighted by atomic mass is 9.95. The number of ether oxygens (including phenoxy) is 2. The minimum atomic E-state index is -0.781. The van der Waals surface area contributed by atoms with Crippen LogP contribution in [-0.4, -0.2) is 35.9 Å². The van der Waals surface area contributed by atoms with Crippen molar-refractivity contribution < 1.29 is 24.2 Å². The van der Waals surface area contributed by atoms with Crippen LogP contribution in [0.3, 0.4) is 0 Å². The highest BCUT2D eigenvalue weighted by atomic mass is 35.5. The van der Waals surface area contributed by atoms with Crippen molar-refractivity contribution in [2.24, 2.45) is 0 Å². The van der Waals surface area contributed by atoms with E-state index >= 15 is 0 Å². The molecule has 0 bridgehead atoms. The lowest BCUT2D eigenvalue weighted by molar-refractivity contribution is -0.140. The molecule has 1 heterocycles. The third-order valence-electron chi connectivity index (χ3n) is 5.61. The number of likely N-dealkylation sites (tertiary alicyclic amines) is 1. The quantitative estimate of drug-likeness (QED) is 0.317. The molecule has 1 amide bonds. The van der Waals surface area contributed by atoms with Gasteiger partial charge in [-0.25, -0.2) is 0 Å². The standard InChI is InChI=1S/C26H22ClNO5/c1-32-20-11-7-6-10-18(20)15-28-23(16-8-4-3-5-9-16)22(25(30)26(28)31)24(29)17-12-13-21(33-2)19(27)14-17/h3-14,23,29H,15H2,1-2H3/b24-22-. The van der Waals surface area contributed by atoms with E-state index in [2.05, 4.69) is 0 Å². The summed E-state index contributed by atoms with van der Waals surface area (Å²) >= 11 is 6.23. The number of para-hydroxylation sites is 1. The molecule has 0 saturated carbocycles. The van der Waals surface area contributed by atoms with Crippen molar-refractivity contribution in [1.82, 2.24) is 4.90 Å². The van der Waals surface area contributed by atoms with Crippen molar-refractivity contribution in [2.45, 2.75) is 12.6 Å². The van der Waals surface area contributed by atoms with Crippen LogP contribution < -0.4 is 9.47 Å². The molecule has 6 nitrogen and oxygen atoms in total. The molecule has 1 aliphatic rings. The van der Waals surface area contributed by atoms with Gasteiger partial charge in [-0.15, -0.1) is 0 Å². The number of nitrogens with zero attached hydrogens (tertiary/aromatic N) is 1. The Balaban J connectivity index is 1.86. The second-order valence-corrected chi connectivity index (χ2v) is 7.91. The molecule has 1 unspecified atom stereocenters. The van der Waals surface area contributed by atoms with E-state index in [1.807, 2.05) is 48.5 Å². The highest BCUT2D eigenvalue weighted by molar-refractivity contribution is 6.46. The smallest absolute Gasteiger partial charge is 0.295 e. The van der Waals surface area contributed by atoms with E-state index in [9.17, 15) is 14.7 Å². The zero-order chi connectivity index (χ0) is 23.5. The predicted octanol–water partition coefficient (Wildman–Crippen LogP) is 4.98. The Bertz CT molecular complexity index is 1240. The number of amides is 1. The molecular formula is C26H22ClNO5. The highest BCUT2D eigenvalue weighted by Crippen LogP contribution is 2.41. The molecule has 33 heavy (non-hydrogen) atoms. The van der Waals surface area contributed by atoms with Crippen molar-refractivity contribution in [1.29, 1.82) is 0 Å². The molecule has 3 aromatic carbocycles. The van der Waals surface area contributed by atoms with Gasteiger partial charge in [-0.1, -0.05) is 60.1 Å². The number of ketones is 1. The highest BCUT2D eigenvalue weighted by Gasteiger charge is 2.46. The molecule has 0 radical (unpaired) electrons. The van der Waals surface area contributed by atoms with Gasteiger partial charge in [0.1, 0.15) is 17.3 Å². The summed E-state index contributed by atoms with van der Waals surface area (Å²) in [6, 6.07) is 20.3. The van der Waals surface area contributed by atoms with Crippen molar-refractivity contribution >= 4 is 29.1 Å². The number of hydrogen-bond acceptors (Lipinski definition) is 5. The molecule has 0 spiro atoms. The maximum Gasteiger partial charge on any atom is 0.295 e. The fourth-order valence-electron chi connectivity index (χ4n) is 4.01. The average Bonchev–Trinajstić information content (AvgIpc) is 3.09. The summed E-state index contributed by atoms with van der Waals surface area (Å²) in [4.78, 5) is 27.8. The van der Waals surface area contributed by atoms with Gasteiger partial charge in [-0.3, -0.25) is 9.59 Å². The van der Waals surface area contributed by atoms with Gasteiger partial charge in [0.15, 0.2) is 0 Å². The number of methoxy groups -OCH3 is 2. The maximum atomic E-state index is 13.2. The normalized spacial score (nSPS) is 17.3. The Hall–Kier alpha value is -3.77. The zero-order valence-corrected chi connectivity index (χ0v) is 18.9. The van der Waals surface area contributed by atoms with E-state index in [1.54, 1.807) is 25.3 Å². The molecule has 3 aromatic rings. The first-order valence-electron chi connectivity index (χ1n) is 10.3. The molecule has 1 atom stereocenters. The molecule has 4 rings (SSSR count). The van der Waals surface area contributed by atoms with Crippen LogP contribution in [0.15, 0.2) is 78.4 Å². The molecule has 0 aromatic heterocycles. The first-order chi connectivity index (χ1) is 16.0. The number of carbonyl (C=O) groups excluding carboxylic acids is 2. The number of aliphatic hydroxyl groups is 1. The summed E-state index contributed by atoms with van der Waals surface area (Å²) in [5.74, 6) is -0.717. The summed E-state index contributed by atoms with van der Waals surface area (Å²) in [5, 5.41) is 11.4. The van der Waals surface area contributed by atoms with Crippen LogP contribution in [0.25, 0.3) is 5.76 Å². The molecule has 7 heteroatoms. The van der Waals surface area contributed by atoms with Crippen molar-refractivity contribution in [3.05, 3.63) is 100 Å². The number of rotatable bonds is 6. The van der Waals surface area contributed by atoms with Gasteiger partial charge in [0.05, 0.1) is 37.4 Å². The Morgan fingerprint density at radius 2 is 1.61 bits per heavy atom. The average molecular weight is 464 g/mol. The van der Waals surface area contributed by atoms with Gasteiger partial charge in [0.2, 0.25) is 0 Å². The second-order valence-electron chi connectivity index (χ2n) is 7.50. The minimum absolute atomic E-state index is 0.00216. The molecule has 168 valence electrons. The van der Waals surface area contributed by atoms with Crippen molar-refractivity contribution in [2.75, 3.05) is 14.2 Å². The topological polar surface area (TPSA) is 76.1 Å². The SMILES string of the molecule is COc1ccc(/C(O)=C2/C(=O)C(=O)N(Cc3ccccc3OC)C2c2ccccc2)cc1Cl. The van der Waals surface area contributed by atoms with Gasteiger partial charge in [0.25, 0.3) is 11.7 Å². The Morgan fingerprint density at radius 3 is 2.27 bits per heavy atom. The van der Waals surface area contributed by atoms with E-state index in [-0.39, 0.29) is 22.9 Å². The fourth-order valence-corrected chi connectivity index (χ4v) is 4.27. The van der Waals surface area contributed by atoms with Gasteiger partial charge >= 0.3 is 0 Å². The van der Waals surface area contributed by atoms with E-state index in [4.69, 9.17) is 21.1 Å². The Morgan fingerprint density at radius 1 is 0.939 bits per heavy atom. The van der Waals surface area contributed by atoms with E-state index in [0.717, 1.165) is 5.56 Å². The van der Waals surface area contributed by atoms with Crippen LogP contribution >= 0.6 is 11.6 Å². The summed E-state index contributed by atoms with van der Waals surface area (Å²) < 4.78 is 10.6. The summed E-state index contributed by atoms with van der Waals surface area (Å²) in [6.45, 7) is 0.133. The monoisotopic (exact) mass is 463 g/mol. The molecule has 0 aliphatic carbocycles. The van der Waals surface area contributed by atoms with Crippen LogP contribution in [0.2, 0.25) is 5.02 Å². The van der Waals surface area contributed by atoms with Gasteiger partial charge < -0.3 is 19.5 Å². The second kappa shape index (κ2) is 9.38. The Labute approximate surface area is 196 Å². The van der Waals surface area contributed by atoms with Crippen LogP contribution in [0.1, 0.15) is 22.7 Å². The van der Waals surface area contributed by atoms with E-state index in [1.165, 1.54) is 18.1 Å². The minimum Gasteiger partial charge on any atom is -0.507 e. The van der Waals surface area contributed by atoms with Crippen molar-refractivity contribution in [3.8, 4) is 11.5 Å². The third-order valence-corrected chi connectivity index (χ3v) is 5.91. The number of benzene rings is 3. The van der Waals surface area contributed by atoms with Crippen LogP contribution in [0, 0.1) is 0 Å². The number of hydrogen-bond donors (Lipinski definition) is 1. The molecule has 1 aliphatic heterocycles. The van der Waals surface area contributed by atoms with Crippen LogP contribution in [0.5, 0.6) is 11.5 Å². The zero-order valence-electron chi connectivity index (χ0n) is 18.1. The fraction of sp³-hybridized carbons (Fsp3) is 0.154. The lowest BCUT2D eigenvalue weighted by Gasteiger charge is -2.26. The van der Waals surface area contributed by atoms with Crippen LogP contribution in [0.4, 0.5) is 0 Å². The molecule has 1 N–H and O–H groups in total. The number of carbonyl (C=O) groups is 2. The van der Waals surface area contributed by atoms with Gasteiger partial charge in [-0.05, 0) is 29.8 Å². The number of aliphatic hydroxyl groups excluding tert-OH is 1. The van der Waals surface area contributed by atoms with E-state index in [0.29, 0.717) is 22.6 Å². The van der Waals surface area contributed by atoms with Gasteiger partial charge in [-0.2, -0.15) is 0 Å². The summed E-state index contributed by atoms with van der Waals surface area (Å²) in [6.07, 6.45) is 0. The lowest BCUT2D eigenvalue weighted by Crippen LogP contribution is -2.29. The predicted molar refractivity (Wildman–Crippen MR) is 125 cm³/mol. The maximum absolute atomic E-state index is 13.2. The first-order valence-corrected chi connectivity index (χ1v) is 10.6. The Kier molecular flexibility index (Phi) is 6.38. The van der Waals surface area contributed by atoms with Gasteiger partial charge in [0, 0.05) is 11.1 Å². The van der Waals surface area contributed by atoms with Crippen molar-refractivity contribution in [3.63, 3.8) is 0 Å². The molecule has 1 saturated heterocycles. The summed E-state index contributed by atoms with van der Waals surface area (Å²) in [5.41, 5.74) is 1.77. The number of halogens is 1. The van der Waals surface area contributed by atoms with E-state index < -0.39 is 17.7 Å². The molecule has 1 fully saturated rings. The first kappa shape index (κ1) is 22.4. The van der Waals surface area contributed by atoms with Crippen LogP contribution in [-0.2, 0) is 16.1 Å². The molecular weight excluding hydrogens is 442 g/mol.